The number of aliphatic hydroxyl groups excluding tert-OH is 1. The van der Waals surface area contributed by atoms with Crippen LogP contribution in [0.1, 0.15) is 200 Å². The van der Waals surface area contributed by atoms with Gasteiger partial charge in [0.2, 0.25) is 0 Å². The number of carbonyl (C=O) groups is 2. The molecule has 0 unspecified atom stereocenters. The van der Waals surface area contributed by atoms with E-state index in [1.54, 1.807) is 0 Å². The predicted octanol–water partition coefficient (Wildman–Crippen LogP) is 11.9. The second-order valence-electron chi connectivity index (χ2n) is 13.0. The zero-order valence-corrected chi connectivity index (χ0v) is 29.9. The molecule has 1 atom stereocenters. The summed E-state index contributed by atoms with van der Waals surface area (Å²) in [5.41, 5.74) is 0. The summed E-state index contributed by atoms with van der Waals surface area (Å²) < 4.78 is 10.6. The lowest BCUT2D eigenvalue weighted by Crippen LogP contribution is -2.28. The normalized spacial score (nSPS) is 12.3. The second-order valence-corrected chi connectivity index (χ2v) is 13.0. The zero-order chi connectivity index (χ0) is 32.9. The molecule has 0 aliphatic heterocycles. The van der Waals surface area contributed by atoms with Crippen molar-refractivity contribution in [3.8, 4) is 0 Å². The Morgan fingerprint density at radius 2 is 0.889 bits per heavy atom. The van der Waals surface area contributed by atoms with Gasteiger partial charge in [-0.25, -0.2) is 0 Å². The summed E-state index contributed by atoms with van der Waals surface area (Å²) in [4.78, 5) is 24.2. The summed E-state index contributed by atoms with van der Waals surface area (Å²) in [5, 5.41) is 9.54. The van der Waals surface area contributed by atoms with E-state index in [0.29, 0.717) is 12.8 Å². The molecule has 264 valence electrons. The molecule has 0 saturated heterocycles. The molecule has 0 amide bonds. The van der Waals surface area contributed by atoms with Crippen molar-refractivity contribution in [3.05, 3.63) is 24.3 Å². The van der Waals surface area contributed by atoms with Crippen LogP contribution in [0.3, 0.4) is 0 Å². The van der Waals surface area contributed by atoms with Crippen LogP contribution in [0.5, 0.6) is 0 Å². The summed E-state index contributed by atoms with van der Waals surface area (Å²) in [6.45, 7) is 4.11. The van der Waals surface area contributed by atoms with Gasteiger partial charge in [-0.05, 0) is 44.9 Å². The zero-order valence-electron chi connectivity index (χ0n) is 29.9. The first kappa shape index (κ1) is 43.4. The van der Waals surface area contributed by atoms with E-state index in [-0.39, 0.29) is 25.2 Å². The van der Waals surface area contributed by atoms with Gasteiger partial charge >= 0.3 is 11.9 Å². The van der Waals surface area contributed by atoms with Crippen LogP contribution in [0.2, 0.25) is 0 Å². The summed E-state index contributed by atoms with van der Waals surface area (Å²) >= 11 is 0. The van der Waals surface area contributed by atoms with E-state index in [0.717, 1.165) is 44.9 Å². The van der Waals surface area contributed by atoms with Crippen molar-refractivity contribution >= 4 is 11.9 Å². The molecule has 5 nitrogen and oxygen atoms in total. The predicted molar refractivity (Wildman–Crippen MR) is 191 cm³/mol. The Bertz CT molecular complexity index is 686. The van der Waals surface area contributed by atoms with E-state index >= 15 is 0 Å². The number of esters is 2. The minimum atomic E-state index is -0.769. The van der Waals surface area contributed by atoms with E-state index in [1.807, 2.05) is 0 Å². The fourth-order valence-electron chi connectivity index (χ4n) is 5.53. The number of rotatable bonds is 35. The van der Waals surface area contributed by atoms with Crippen molar-refractivity contribution in [1.82, 2.24) is 0 Å². The average Bonchev–Trinajstić information content (AvgIpc) is 3.04. The molecular weight excluding hydrogens is 560 g/mol. The molecule has 0 rings (SSSR count). The summed E-state index contributed by atoms with van der Waals surface area (Å²) in [7, 11) is 0. The van der Waals surface area contributed by atoms with Gasteiger partial charge in [-0.3, -0.25) is 9.59 Å². The molecule has 0 bridgehead atoms. The van der Waals surface area contributed by atoms with Crippen molar-refractivity contribution in [3.63, 3.8) is 0 Å². The molecule has 0 aliphatic carbocycles. The molecule has 0 aromatic heterocycles. The minimum absolute atomic E-state index is 0.0660. The lowest BCUT2D eigenvalue weighted by Gasteiger charge is -2.15. The first-order chi connectivity index (χ1) is 22.1. The molecule has 0 aromatic rings. The van der Waals surface area contributed by atoms with Crippen LogP contribution in [0.25, 0.3) is 0 Å². The molecule has 5 heteroatoms. The Morgan fingerprint density at radius 3 is 1.36 bits per heavy atom. The smallest absolute Gasteiger partial charge is 0.306 e. The highest BCUT2D eigenvalue weighted by atomic mass is 16.6. The number of carbonyl (C=O) groups excluding carboxylic acids is 2. The van der Waals surface area contributed by atoms with E-state index in [9.17, 15) is 14.7 Å². The molecule has 45 heavy (non-hydrogen) atoms. The fraction of sp³-hybridized carbons (Fsp3) is 0.850. The van der Waals surface area contributed by atoms with Gasteiger partial charge < -0.3 is 14.6 Å². The lowest BCUT2D eigenvalue weighted by atomic mass is 10.0. The SMILES string of the molecule is CCCCC/C=C/C/C=C/CCCCCCCCCC(=O)OC[C@H](CO)OC(=O)CCCCCCCCCCCCCCCC. The standard InChI is InChI=1S/C40H74O5/c1-3-5-7-9-11-13-15-17-19-20-21-23-24-26-28-30-32-34-39(42)44-37-38(36-41)45-40(43)35-33-31-29-27-25-22-18-16-14-12-10-8-6-4-2/h11,13,17,19,38,41H,3-10,12,14-16,18,20-37H2,1-2H3/b13-11+,19-17+/t38-/m0/s1. The third kappa shape index (κ3) is 35.1. The van der Waals surface area contributed by atoms with Crippen molar-refractivity contribution < 1.29 is 24.2 Å². The molecule has 0 aliphatic rings. The Hall–Kier alpha value is -1.62. The van der Waals surface area contributed by atoms with Crippen molar-refractivity contribution in [2.24, 2.45) is 0 Å². The Balaban J connectivity index is 3.55. The molecule has 1 N–H and O–H groups in total. The second kappa shape index (κ2) is 36.8. The molecule has 0 saturated carbocycles. The molecular formula is C40H74O5. The molecule has 0 fully saturated rings. The monoisotopic (exact) mass is 635 g/mol. The maximum absolute atomic E-state index is 12.1. The van der Waals surface area contributed by atoms with E-state index < -0.39 is 6.10 Å². The van der Waals surface area contributed by atoms with Crippen LogP contribution in [-0.2, 0) is 19.1 Å². The average molecular weight is 635 g/mol. The topological polar surface area (TPSA) is 72.8 Å². The van der Waals surface area contributed by atoms with Crippen LogP contribution in [-0.4, -0.2) is 36.4 Å². The van der Waals surface area contributed by atoms with Gasteiger partial charge in [-0.2, -0.15) is 0 Å². The molecule has 0 aromatic carbocycles. The first-order valence-electron chi connectivity index (χ1n) is 19.4. The van der Waals surface area contributed by atoms with Crippen molar-refractivity contribution in [2.75, 3.05) is 13.2 Å². The summed E-state index contributed by atoms with van der Waals surface area (Å²) in [6.07, 6.45) is 42.3. The van der Waals surface area contributed by atoms with Crippen LogP contribution in [0.15, 0.2) is 24.3 Å². The Labute approximate surface area is 279 Å². The van der Waals surface area contributed by atoms with Gasteiger partial charge in [0.05, 0.1) is 6.61 Å². The first-order valence-corrected chi connectivity index (χ1v) is 19.4. The molecule has 0 heterocycles. The highest BCUT2D eigenvalue weighted by Gasteiger charge is 2.16. The summed E-state index contributed by atoms with van der Waals surface area (Å²) in [6, 6.07) is 0. The van der Waals surface area contributed by atoms with Gasteiger partial charge in [0.25, 0.3) is 0 Å². The quantitative estimate of drug-likeness (QED) is 0.0426. The maximum Gasteiger partial charge on any atom is 0.306 e. The van der Waals surface area contributed by atoms with Gasteiger partial charge in [-0.15, -0.1) is 0 Å². The third-order valence-corrected chi connectivity index (χ3v) is 8.50. The van der Waals surface area contributed by atoms with Crippen LogP contribution in [0, 0.1) is 0 Å². The van der Waals surface area contributed by atoms with Gasteiger partial charge in [0.1, 0.15) is 6.61 Å². The summed E-state index contributed by atoms with van der Waals surface area (Å²) in [5.74, 6) is -0.593. The Kier molecular flexibility index (Phi) is 35.5. The number of ether oxygens (including phenoxy) is 2. The number of allylic oxidation sites excluding steroid dienone is 4. The van der Waals surface area contributed by atoms with Gasteiger partial charge in [0.15, 0.2) is 6.10 Å². The van der Waals surface area contributed by atoms with Crippen molar-refractivity contribution in [1.29, 1.82) is 0 Å². The third-order valence-electron chi connectivity index (χ3n) is 8.50. The van der Waals surface area contributed by atoms with Crippen LogP contribution < -0.4 is 0 Å². The van der Waals surface area contributed by atoms with Crippen LogP contribution in [0.4, 0.5) is 0 Å². The largest absolute Gasteiger partial charge is 0.462 e. The van der Waals surface area contributed by atoms with Crippen LogP contribution >= 0.6 is 0 Å². The molecule has 0 spiro atoms. The van der Waals surface area contributed by atoms with E-state index in [1.165, 1.54) is 128 Å². The van der Waals surface area contributed by atoms with E-state index in [2.05, 4.69) is 38.2 Å². The highest BCUT2D eigenvalue weighted by molar-refractivity contribution is 5.70. The van der Waals surface area contributed by atoms with E-state index in [4.69, 9.17) is 9.47 Å². The Morgan fingerprint density at radius 1 is 0.511 bits per heavy atom. The lowest BCUT2D eigenvalue weighted by molar-refractivity contribution is -0.161. The fourth-order valence-corrected chi connectivity index (χ4v) is 5.53. The van der Waals surface area contributed by atoms with Crippen molar-refractivity contribution in [2.45, 2.75) is 206 Å². The number of hydrogen-bond acceptors (Lipinski definition) is 5. The number of unbranched alkanes of at least 4 members (excludes halogenated alkanes) is 23. The number of hydrogen-bond donors (Lipinski definition) is 1. The maximum atomic E-state index is 12.1. The van der Waals surface area contributed by atoms with Gasteiger partial charge in [0, 0.05) is 12.8 Å². The number of aliphatic hydroxyl groups is 1. The highest BCUT2D eigenvalue weighted by Crippen LogP contribution is 2.14. The molecule has 0 radical (unpaired) electrons. The minimum Gasteiger partial charge on any atom is -0.462 e. The van der Waals surface area contributed by atoms with Gasteiger partial charge in [-0.1, -0.05) is 167 Å².